The van der Waals surface area contributed by atoms with E-state index in [0.717, 1.165) is 6.07 Å². The van der Waals surface area contributed by atoms with Crippen molar-refractivity contribution in [1.82, 2.24) is 0 Å². The highest BCUT2D eigenvalue weighted by Crippen LogP contribution is 2.36. The van der Waals surface area contributed by atoms with Crippen LogP contribution in [0.5, 0.6) is 0 Å². The van der Waals surface area contributed by atoms with Crippen molar-refractivity contribution in [2.75, 3.05) is 0 Å². The molecule has 3 aromatic carbocycles. The van der Waals surface area contributed by atoms with Crippen LogP contribution in [0.2, 0.25) is 5.02 Å². The fraction of sp³-hybridized carbons (Fsp3) is 0.0833. The zero-order chi connectivity index (χ0) is 22.1. The molecule has 0 atom stereocenters. The Labute approximate surface area is 180 Å². The van der Waals surface area contributed by atoms with Gasteiger partial charge in [0, 0.05) is 10.6 Å². The fourth-order valence-electron chi connectivity index (χ4n) is 3.14. The van der Waals surface area contributed by atoms with Crippen LogP contribution >= 0.6 is 11.6 Å². The van der Waals surface area contributed by atoms with Crippen LogP contribution in [0.25, 0.3) is 5.57 Å². The maximum absolute atomic E-state index is 14.3. The summed E-state index contributed by atoms with van der Waals surface area (Å²) >= 11 is 5.99. The molecule has 0 fully saturated rings. The Morgan fingerprint density at radius 2 is 1.63 bits per heavy atom. The van der Waals surface area contributed by atoms with E-state index in [0.29, 0.717) is 21.7 Å². The van der Waals surface area contributed by atoms with Crippen LogP contribution in [0.3, 0.4) is 0 Å². The lowest BCUT2D eigenvalue weighted by atomic mass is 9.93. The van der Waals surface area contributed by atoms with Gasteiger partial charge in [0.15, 0.2) is 0 Å². The summed E-state index contributed by atoms with van der Waals surface area (Å²) < 4.78 is 55.4. The van der Waals surface area contributed by atoms with Crippen molar-refractivity contribution >= 4 is 27.0 Å². The molecule has 0 aliphatic carbocycles. The molecule has 0 unspecified atom stereocenters. The van der Waals surface area contributed by atoms with Gasteiger partial charge in [-0.3, -0.25) is 0 Å². The van der Waals surface area contributed by atoms with Crippen molar-refractivity contribution in [2.45, 2.75) is 18.7 Å². The highest BCUT2D eigenvalue weighted by Gasteiger charge is 2.26. The van der Waals surface area contributed by atoms with Gasteiger partial charge in [-0.2, -0.15) is 0 Å². The van der Waals surface area contributed by atoms with E-state index in [4.69, 9.17) is 11.6 Å². The lowest BCUT2D eigenvalue weighted by Gasteiger charge is -2.17. The van der Waals surface area contributed by atoms with Gasteiger partial charge in [0.05, 0.1) is 9.80 Å². The average Bonchev–Trinajstić information content (AvgIpc) is 2.71. The number of aryl methyl sites for hydroxylation is 1. The molecule has 0 saturated carbocycles. The summed E-state index contributed by atoms with van der Waals surface area (Å²) in [4.78, 5) is -0.359. The molecule has 154 valence electrons. The van der Waals surface area contributed by atoms with Gasteiger partial charge in [0.2, 0.25) is 9.84 Å². The third-order valence-electron chi connectivity index (χ3n) is 4.84. The first-order valence-electron chi connectivity index (χ1n) is 9.06. The Hall–Kier alpha value is -2.76. The summed E-state index contributed by atoms with van der Waals surface area (Å²) in [6.07, 6.45) is 1.20. The molecule has 30 heavy (non-hydrogen) atoms. The first-order chi connectivity index (χ1) is 14.2. The number of halogens is 3. The Kier molecular flexibility index (Phi) is 6.25. The van der Waals surface area contributed by atoms with Crippen molar-refractivity contribution in [3.05, 3.63) is 117 Å². The second-order valence-corrected chi connectivity index (χ2v) is 9.13. The maximum atomic E-state index is 14.3. The quantitative estimate of drug-likeness (QED) is 0.412. The van der Waals surface area contributed by atoms with E-state index in [1.165, 1.54) is 30.3 Å². The molecule has 3 rings (SSSR count). The Bertz CT molecular complexity index is 1260. The van der Waals surface area contributed by atoms with Crippen LogP contribution in [0, 0.1) is 25.5 Å². The minimum atomic E-state index is -4.16. The highest BCUT2D eigenvalue weighted by atomic mass is 35.5. The standard InChI is InChI=1S/C24H19ClF2O2S/c1-4-23(30(28,29)19-13-8-15(2)22(27)14-19)24(17-9-11-18(25)12-10-17)20-6-5-7-21(26)16(20)3/h4-14H,1H2,2-3H3/b24-23+. The second kappa shape index (κ2) is 8.54. The molecule has 0 bridgehead atoms. The zero-order valence-corrected chi connectivity index (χ0v) is 18.0. The first-order valence-corrected chi connectivity index (χ1v) is 10.9. The molecule has 3 aromatic rings. The molecule has 0 heterocycles. The second-order valence-electron chi connectivity index (χ2n) is 6.78. The first kappa shape index (κ1) is 21.9. The van der Waals surface area contributed by atoms with Crippen LogP contribution in [-0.2, 0) is 9.84 Å². The minimum Gasteiger partial charge on any atom is -0.218 e. The Balaban J connectivity index is 2.41. The summed E-state index contributed by atoms with van der Waals surface area (Å²) in [6, 6.07) is 14.7. The van der Waals surface area contributed by atoms with Crippen molar-refractivity contribution < 1.29 is 17.2 Å². The van der Waals surface area contributed by atoms with Gasteiger partial charge < -0.3 is 0 Å². The van der Waals surface area contributed by atoms with Gasteiger partial charge in [-0.25, -0.2) is 17.2 Å². The number of hydrogen-bond acceptors (Lipinski definition) is 2. The SMILES string of the molecule is C=C/C(=C(/c1ccc(Cl)cc1)c1cccc(F)c1C)S(=O)(=O)c1ccc(C)c(F)c1. The molecule has 0 aliphatic heterocycles. The monoisotopic (exact) mass is 444 g/mol. The third kappa shape index (κ3) is 4.09. The van der Waals surface area contributed by atoms with Crippen molar-refractivity contribution in [1.29, 1.82) is 0 Å². The van der Waals surface area contributed by atoms with E-state index in [-0.39, 0.29) is 20.9 Å². The lowest BCUT2D eigenvalue weighted by Crippen LogP contribution is -2.08. The predicted octanol–water partition coefficient (Wildman–Crippen LogP) is 6.65. The summed E-state index contributed by atoms with van der Waals surface area (Å²) in [5.74, 6) is -1.10. The summed E-state index contributed by atoms with van der Waals surface area (Å²) in [6.45, 7) is 6.80. The van der Waals surface area contributed by atoms with Gasteiger partial charge in [0.25, 0.3) is 0 Å². The number of sulfone groups is 1. The largest absolute Gasteiger partial charge is 0.218 e. The van der Waals surface area contributed by atoms with Crippen LogP contribution in [0.4, 0.5) is 8.78 Å². The van der Waals surface area contributed by atoms with E-state index in [1.807, 2.05) is 0 Å². The molecule has 0 aromatic heterocycles. The Morgan fingerprint density at radius 1 is 0.967 bits per heavy atom. The molecule has 0 N–H and O–H groups in total. The molecular formula is C24H19ClF2O2S. The van der Waals surface area contributed by atoms with Crippen LogP contribution in [-0.4, -0.2) is 8.42 Å². The van der Waals surface area contributed by atoms with Crippen LogP contribution < -0.4 is 0 Å². The molecule has 0 saturated heterocycles. The fourth-order valence-corrected chi connectivity index (χ4v) is 4.74. The number of allylic oxidation sites excluding steroid dienone is 1. The van der Waals surface area contributed by atoms with Crippen molar-refractivity contribution in [3.63, 3.8) is 0 Å². The maximum Gasteiger partial charge on any atom is 0.207 e. The van der Waals surface area contributed by atoms with Crippen molar-refractivity contribution in [3.8, 4) is 0 Å². The lowest BCUT2D eigenvalue weighted by molar-refractivity contribution is 0.594. The number of hydrogen-bond donors (Lipinski definition) is 0. The van der Waals surface area contributed by atoms with E-state index < -0.39 is 21.5 Å². The zero-order valence-electron chi connectivity index (χ0n) is 16.4. The van der Waals surface area contributed by atoms with E-state index in [1.54, 1.807) is 44.2 Å². The minimum absolute atomic E-state index is 0.151. The summed E-state index contributed by atoms with van der Waals surface area (Å²) in [5, 5.41) is 0.470. The topological polar surface area (TPSA) is 34.1 Å². The van der Waals surface area contributed by atoms with Gasteiger partial charge in [-0.05, 0) is 72.5 Å². The van der Waals surface area contributed by atoms with Crippen molar-refractivity contribution in [2.24, 2.45) is 0 Å². The predicted molar refractivity (Wildman–Crippen MR) is 117 cm³/mol. The molecule has 6 heteroatoms. The van der Waals surface area contributed by atoms with Crippen LogP contribution in [0.15, 0.2) is 83.1 Å². The normalized spacial score (nSPS) is 12.4. The average molecular weight is 445 g/mol. The molecule has 0 amide bonds. The van der Waals surface area contributed by atoms with Gasteiger partial charge >= 0.3 is 0 Å². The van der Waals surface area contributed by atoms with Gasteiger partial charge in [-0.15, -0.1) is 0 Å². The third-order valence-corrected chi connectivity index (χ3v) is 6.92. The van der Waals surface area contributed by atoms with Gasteiger partial charge in [-0.1, -0.05) is 48.5 Å². The van der Waals surface area contributed by atoms with E-state index in [9.17, 15) is 17.2 Å². The molecule has 2 nitrogen and oxygen atoms in total. The number of rotatable bonds is 5. The summed E-state index contributed by atoms with van der Waals surface area (Å²) in [5.41, 5.74) is 1.78. The molecular weight excluding hydrogens is 426 g/mol. The van der Waals surface area contributed by atoms with E-state index >= 15 is 0 Å². The number of benzene rings is 3. The van der Waals surface area contributed by atoms with E-state index in [2.05, 4.69) is 6.58 Å². The molecule has 0 aliphatic rings. The Morgan fingerprint density at radius 3 is 2.23 bits per heavy atom. The molecule has 0 radical (unpaired) electrons. The molecule has 0 spiro atoms. The van der Waals surface area contributed by atoms with Gasteiger partial charge in [0.1, 0.15) is 11.6 Å². The summed E-state index contributed by atoms with van der Waals surface area (Å²) in [7, 11) is -4.16. The highest BCUT2D eigenvalue weighted by molar-refractivity contribution is 7.95. The van der Waals surface area contributed by atoms with Crippen LogP contribution in [0.1, 0.15) is 22.3 Å². The smallest absolute Gasteiger partial charge is 0.207 e.